The predicted octanol–water partition coefficient (Wildman–Crippen LogP) is 5.01. The Morgan fingerprint density at radius 1 is 0.861 bits per heavy atom. The molecule has 3 aliphatic heterocycles. The van der Waals surface area contributed by atoms with Crippen LogP contribution in [0.4, 0.5) is 5.69 Å². The zero-order chi connectivity index (χ0) is 24.6. The van der Waals surface area contributed by atoms with E-state index in [4.69, 9.17) is 9.47 Å². The van der Waals surface area contributed by atoms with Gasteiger partial charge < -0.3 is 14.4 Å². The maximum absolute atomic E-state index is 12.9. The molecule has 36 heavy (non-hydrogen) atoms. The van der Waals surface area contributed by atoms with E-state index in [0.29, 0.717) is 13.0 Å². The van der Waals surface area contributed by atoms with Crippen molar-refractivity contribution in [1.29, 1.82) is 0 Å². The van der Waals surface area contributed by atoms with Crippen molar-refractivity contribution in [2.24, 2.45) is 0 Å². The molecule has 184 valence electrons. The van der Waals surface area contributed by atoms with Crippen molar-refractivity contribution in [2.45, 2.75) is 26.9 Å². The zero-order valence-electron chi connectivity index (χ0n) is 21.0. The molecule has 0 atom stereocenters. The number of carbonyl (C=O) groups is 1. The van der Waals surface area contributed by atoms with Crippen LogP contribution in [0.2, 0.25) is 0 Å². The summed E-state index contributed by atoms with van der Waals surface area (Å²) in [5.74, 6) is 1.10. The lowest BCUT2D eigenvalue weighted by atomic mass is 9.91. The minimum Gasteiger partial charge on any atom is -0.488 e. The maximum Gasteiger partial charge on any atom is 0.231 e. The first kappa shape index (κ1) is 23.0. The Balaban J connectivity index is 1.34. The molecule has 6 rings (SSSR count). The van der Waals surface area contributed by atoms with E-state index in [9.17, 15) is 4.79 Å². The maximum atomic E-state index is 12.9. The van der Waals surface area contributed by atoms with E-state index in [1.807, 2.05) is 4.90 Å². The Morgan fingerprint density at radius 2 is 1.64 bits per heavy atom. The highest BCUT2D eigenvalue weighted by atomic mass is 16.5. The lowest BCUT2D eigenvalue weighted by Crippen LogP contribution is -2.42. The second kappa shape index (κ2) is 9.57. The Labute approximate surface area is 212 Å². The summed E-state index contributed by atoms with van der Waals surface area (Å²) in [6.45, 7) is 9.81. The average Bonchev–Trinajstić information content (AvgIpc) is 3.11. The monoisotopic (exact) mass is 480 g/mol. The predicted molar refractivity (Wildman–Crippen MR) is 143 cm³/mol. The van der Waals surface area contributed by atoms with Crippen molar-refractivity contribution in [3.63, 3.8) is 0 Å². The molecular weight excluding hydrogens is 448 g/mol. The van der Waals surface area contributed by atoms with Gasteiger partial charge in [-0.25, -0.2) is 0 Å². The Morgan fingerprint density at radius 3 is 2.47 bits per heavy atom. The summed E-state index contributed by atoms with van der Waals surface area (Å²) >= 11 is 0. The van der Waals surface area contributed by atoms with Crippen LogP contribution in [0, 0.1) is 13.8 Å². The van der Waals surface area contributed by atoms with E-state index in [1.165, 1.54) is 22.3 Å². The highest BCUT2D eigenvalue weighted by Gasteiger charge is 2.28. The van der Waals surface area contributed by atoms with Crippen LogP contribution in [0.15, 0.2) is 54.6 Å². The Kier molecular flexibility index (Phi) is 6.12. The summed E-state index contributed by atoms with van der Waals surface area (Å²) in [6.07, 6.45) is 2.71. The van der Waals surface area contributed by atoms with Crippen LogP contribution >= 0.6 is 0 Å². The number of benzene rings is 3. The van der Waals surface area contributed by atoms with Crippen molar-refractivity contribution in [2.75, 3.05) is 44.3 Å². The van der Waals surface area contributed by atoms with E-state index < -0.39 is 0 Å². The normalized spacial score (nSPS) is 18.4. The fraction of sp³-hybridized carbons (Fsp3) is 0.323. The number of carbonyl (C=O) groups excluding carboxylic acids is 1. The number of hydrogen-bond acceptors (Lipinski definition) is 4. The molecule has 3 aromatic rings. The van der Waals surface area contributed by atoms with Crippen LogP contribution in [0.5, 0.6) is 5.75 Å². The van der Waals surface area contributed by atoms with Crippen LogP contribution in [0.1, 0.15) is 38.9 Å². The Bertz CT molecular complexity index is 1300. The van der Waals surface area contributed by atoms with E-state index in [2.05, 4.69) is 79.4 Å². The quantitative estimate of drug-likeness (QED) is 0.527. The molecule has 0 N–H and O–H groups in total. The summed E-state index contributed by atoms with van der Waals surface area (Å²) in [5, 5.41) is 0. The fourth-order valence-corrected chi connectivity index (χ4v) is 5.50. The van der Waals surface area contributed by atoms with E-state index in [1.54, 1.807) is 0 Å². The van der Waals surface area contributed by atoms with Crippen molar-refractivity contribution < 1.29 is 14.3 Å². The summed E-state index contributed by atoms with van der Waals surface area (Å²) in [5.41, 5.74) is 10.3. The highest BCUT2D eigenvalue weighted by molar-refractivity contribution is 6.02. The molecule has 1 amide bonds. The molecule has 0 saturated carbocycles. The van der Waals surface area contributed by atoms with Gasteiger partial charge in [0.15, 0.2) is 0 Å². The molecule has 0 radical (unpaired) electrons. The van der Waals surface area contributed by atoms with Crippen molar-refractivity contribution >= 4 is 23.2 Å². The smallest absolute Gasteiger partial charge is 0.231 e. The first-order valence-corrected chi connectivity index (χ1v) is 12.8. The van der Waals surface area contributed by atoms with Crippen molar-refractivity contribution in [3.8, 4) is 5.75 Å². The summed E-state index contributed by atoms with van der Waals surface area (Å²) in [6, 6.07) is 19.5. The second-order valence-corrected chi connectivity index (χ2v) is 10.1. The van der Waals surface area contributed by atoms with Crippen LogP contribution in [0.25, 0.3) is 11.6 Å². The lowest BCUT2D eigenvalue weighted by molar-refractivity contribution is -0.117. The van der Waals surface area contributed by atoms with Crippen molar-refractivity contribution in [1.82, 2.24) is 4.90 Å². The van der Waals surface area contributed by atoms with Crippen LogP contribution in [-0.2, 0) is 22.6 Å². The van der Waals surface area contributed by atoms with Gasteiger partial charge in [-0.3, -0.25) is 9.69 Å². The molecule has 5 nitrogen and oxygen atoms in total. The summed E-state index contributed by atoms with van der Waals surface area (Å²) in [4.78, 5) is 17.2. The molecule has 5 heteroatoms. The number of rotatable bonds is 4. The number of fused-ring (bicyclic) bond motifs is 3. The molecule has 0 spiro atoms. The van der Waals surface area contributed by atoms with Gasteiger partial charge in [0, 0.05) is 37.4 Å². The highest BCUT2D eigenvalue weighted by Crippen LogP contribution is 2.39. The van der Waals surface area contributed by atoms with Gasteiger partial charge in [0.1, 0.15) is 12.4 Å². The molecule has 0 aliphatic carbocycles. The standard InChI is InChI=1S/C31H32N2O3/c1-21-3-6-26-25(15-21)20-36-30-16-22(2)4-7-27(30)28(26)18-23-5-8-29-24(17-23)19-31(34)33(29)10-9-32-11-13-35-14-12-32/h3-8,15-18H,9-14,19-20H2,1-2H3. The molecule has 3 aliphatic rings. The Hall–Kier alpha value is -3.41. The number of anilines is 1. The molecule has 3 heterocycles. The average molecular weight is 481 g/mol. The molecule has 1 saturated heterocycles. The van der Waals surface area contributed by atoms with Crippen LogP contribution < -0.4 is 9.64 Å². The number of aryl methyl sites for hydroxylation is 2. The minimum absolute atomic E-state index is 0.188. The molecule has 1 fully saturated rings. The van der Waals surface area contributed by atoms with Gasteiger partial charge in [0.05, 0.1) is 19.6 Å². The van der Waals surface area contributed by atoms with E-state index >= 15 is 0 Å². The number of ether oxygens (including phenoxy) is 2. The van der Waals surface area contributed by atoms with E-state index in [0.717, 1.165) is 73.1 Å². The second-order valence-electron chi connectivity index (χ2n) is 10.1. The lowest BCUT2D eigenvalue weighted by Gasteiger charge is -2.28. The molecule has 3 aromatic carbocycles. The summed E-state index contributed by atoms with van der Waals surface area (Å²) < 4.78 is 11.7. The van der Waals surface area contributed by atoms with Gasteiger partial charge in [-0.1, -0.05) is 42.0 Å². The SMILES string of the molecule is Cc1ccc2c(c1)COc1cc(C)ccc1C2=Cc1ccc2c(c1)CC(=O)N2CCN1CCOCC1. The summed E-state index contributed by atoms with van der Waals surface area (Å²) in [7, 11) is 0. The number of hydrogen-bond donors (Lipinski definition) is 0. The molecule has 0 unspecified atom stereocenters. The fourth-order valence-electron chi connectivity index (χ4n) is 5.50. The van der Waals surface area contributed by atoms with Crippen LogP contribution in [0.3, 0.4) is 0 Å². The van der Waals surface area contributed by atoms with Gasteiger partial charge in [-0.15, -0.1) is 0 Å². The third-order valence-corrected chi connectivity index (χ3v) is 7.45. The first-order valence-electron chi connectivity index (χ1n) is 12.8. The molecule has 0 aromatic heterocycles. The van der Waals surface area contributed by atoms with Crippen molar-refractivity contribution in [3.05, 3.63) is 93.5 Å². The van der Waals surface area contributed by atoms with Crippen LogP contribution in [-0.4, -0.2) is 50.2 Å². The number of amides is 1. The van der Waals surface area contributed by atoms with Gasteiger partial charge in [-0.2, -0.15) is 0 Å². The van der Waals surface area contributed by atoms with Gasteiger partial charge in [0.25, 0.3) is 0 Å². The molecule has 0 bridgehead atoms. The minimum atomic E-state index is 0.188. The van der Waals surface area contributed by atoms with Gasteiger partial charge in [-0.05, 0) is 71.5 Å². The van der Waals surface area contributed by atoms with Gasteiger partial charge in [0.2, 0.25) is 5.91 Å². The zero-order valence-corrected chi connectivity index (χ0v) is 21.0. The third kappa shape index (κ3) is 4.45. The number of morpholine rings is 1. The number of nitrogens with zero attached hydrogens (tertiary/aromatic N) is 2. The van der Waals surface area contributed by atoms with Gasteiger partial charge >= 0.3 is 0 Å². The largest absolute Gasteiger partial charge is 0.488 e. The van der Waals surface area contributed by atoms with E-state index in [-0.39, 0.29) is 5.91 Å². The first-order chi connectivity index (χ1) is 17.5. The molecular formula is C31H32N2O3. The topological polar surface area (TPSA) is 42.0 Å². The third-order valence-electron chi connectivity index (χ3n) is 7.45.